The summed E-state index contributed by atoms with van der Waals surface area (Å²) in [6.45, 7) is 2.83. The number of hydrogen-bond donors (Lipinski definition) is 1. The molecule has 0 bridgehead atoms. The van der Waals surface area contributed by atoms with Gasteiger partial charge in [0.15, 0.2) is 0 Å². The molecule has 1 atom stereocenters. The third-order valence-corrected chi connectivity index (χ3v) is 2.74. The second-order valence-electron chi connectivity index (χ2n) is 3.96. The van der Waals surface area contributed by atoms with Gasteiger partial charge in [0.05, 0.1) is 12.2 Å². The van der Waals surface area contributed by atoms with E-state index in [9.17, 15) is 4.39 Å². The highest BCUT2D eigenvalue weighted by Crippen LogP contribution is 2.21. The molecular formula is C12H16FN5. The predicted octanol–water partition coefficient (Wildman–Crippen LogP) is 1.53. The van der Waals surface area contributed by atoms with Crippen molar-refractivity contribution in [3.8, 4) is 0 Å². The summed E-state index contributed by atoms with van der Waals surface area (Å²) in [4.78, 5) is 7.98. The van der Waals surface area contributed by atoms with E-state index in [0.29, 0.717) is 11.4 Å². The van der Waals surface area contributed by atoms with Crippen LogP contribution in [0.1, 0.15) is 30.8 Å². The first kappa shape index (κ1) is 12.6. The maximum Gasteiger partial charge on any atom is 0.148 e. The van der Waals surface area contributed by atoms with Crippen LogP contribution >= 0.6 is 0 Å². The summed E-state index contributed by atoms with van der Waals surface area (Å²) in [5.41, 5.74) is 0.526. The molecule has 5 nitrogen and oxygen atoms in total. The molecular weight excluding hydrogens is 233 g/mol. The van der Waals surface area contributed by atoms with E-state index in [4.69, 9.17) is 0 Å². The number of aromatic nitrogens is 4. The van der Waals surface area contributed by atoms with Gasteiger partial charge in [-0.3, -0.25) is 4.98 Å². The van der Waals surface area contributed by atoms with Gasteiger partial charge in [-0.2, -0.15) is 5.10 Å². The van der Waals surface area contributed by atoms with Gasteiger partial charge in [-0.25, -0.2) is 14.1 Å². The molecule has 0 aliphatic carbocycles. The van der Waals surface area contributed by atoms with Crippen molar-refractivity contribution in [1.82, 2.24) is 25.1 Å². The minimum absolute atomic E-state index is 0.318. The van der Waals surface area contributed by atoms with E-state index in [1.54, 1.807) is 24.0 Å². The molecule has 0 spiro atoms. The average molecular weight is 249 g/mol. The van der Waals surface area contributed by atoms with Crippen LogP contribution < -0.4 is 5.32 Å². The largest absolute Gasteiger partial charge is 0.307 e. The van der Waals surface area contributed by atoms with Gasteiger partial charge in [0.2, 0.25) is 0 Å². The predicted molar refractivity (Wildman–Crippen MR) is 65.4 cm³/mol. The molecule has 2 heterocycles. The van der Waals surface area contributed by atoms with Gasteiger partial charge in [0.1, 0.15) is 18.0 Å². The van der Waals surface area contributed by atoms with Crippen molar-refractivity contribution in [2.24, 2.45) is 0 Å². The van der Waals surface area contributed by atoms with Gasteiger partial charge in [-0.05, 0) is 19.5 Å². The second kappa shape index (κ2) is 5.68. The van der Waals surface area contributed by atoms with E-state index in [1.165, 1.54) is 12.5 Å². The van der Waals surface area contributed by atoms with Gasteiger partial charge in [-0.15, -0.1) is 0 Å². The first-order chi connectivity index (χ1) is 8.77. The number of aryl methyl sites for hydroxylation is 1. The molecule has 1 unspecified atom stereocenters. The normalized spacial score (nSPS) is 12.6. The van der Waals surface area contributed by atoms with Gasteiger partial charge >= 0.3 is 0 Å². The molecule has 96 valence electrons. The summed E-state index contributed by atoms with van der Waals surface area (Å²) in [5.74, 6) is 0.368. The lowest BCUT2D eigenvalue weighted by Crippen LogP contribution is -2.23. The lowest BCUT2D eigenvalue weighted by atomic mass is 10.1. The SMILES string of the molecule is CCCn1ncnc1C(NC)c1ccncc1F. The Balaban J connectivity index is 2.39. The maximum absolute atomic E-state index is 13.8. The maximum atomic E-state index is 13.8. The lowest BCUT2D eigenvalue weighted by Gasteiger charge is -2.17. The number of rotatable bonds is 5. The van der Waals surface area contributed by atoms with Crippen molar-refractivity contribution in [1.29, 1.82) is 0 Å². The van der Waals surface area contributed by atoms with Crippen LogP contribution in [0.3, 0.4) is 0 Å². The van der Waals surface area contributed by atoms with E-state index >= 15 is 0 Å². The minimum atomic E-state index is -0.345. The molecule has 1 N–H and O–H groups in total. The third-order valence-electron chi connectivity index (χ3n) is 2.74. The number of hydrogen-bond acceptors (Lipinski definition) is 4. The Kier molecular flexibility index (Phi) is 3.99. The van der Waals surface area contributed by atoms with Crippen LogP contribution in [0.2, 0.25) is 0 Å². The van der Waals surface area contributed by atoms with Crippen molar-refractivity contribution in [2.45, 2.75) is 25.9 Å². The fraction of sp³-hybridized carbons (Fsp3) is 0.417. The van der Waals surface area contributed by atoms with Crippen molar-refractivity contribution in [3.63, 3.8) is 0 Å². The van der Waals surface area contributed by atoms with Gasteiger partial charge < -0.3 is 5.32 Å². The Morgan fingerprint density at radius 2 is 2.33 bits per heavy atom. The first-order valence-electron chi connectivity index (χ1n) is 5.92. The smallest absolute Gasteiger partial charge is 0.148 e. The standard InChI is InChI=1S/C12H16FN5/c1-3-6-18-12(16-8-17-18)11(14-2)9-4-5-15-7-10(9)13/h4-5,7-8,11,14H,3,6H2,1-2H3. The monoisotopic (exact) mass is 249 g/mol. The number of pyridine rings is 1. The highest BCUT2D eigenvalue weighted by atomic mass is 19.1. The van der Waals surface area contributed by atoms with Crippen LogP contribution in [0.5, 0.6) is 0 Å². The zero-order valence-electron chi connectivity index (χ0n) is 10.5. The lowest BCUT2D eigenvalue weighted by molar-refractivity contribution is 0.506. The number of nitrogens with one attached hydrogen (secondary N) is 1. The Morgan fingerprint density at radius 1 is 1.50 bits per heavy atom. The molecule has 18 heavy (non-hydrogen) atoms. The summed E-state index contributed by atoms with van der Waals surface area (Å²) in [6.07, 6.45) is 5.23. The van der Waals surface area contributed by atoms with E-state index in [2.05, 4.69) is 27.3 Å². The fourth-order valence-electron chi connectivity index (χ4n) is 1.92. The van der Waals surface area contributed by atoms with Crippen LogP contribution in [0.15, 0.2) is 24.8 Å². The second-order valence-corrected chi connectivity index (χ2v) is 3.96. The van der Waals surface area contributed by atoms with Crippen LogP contribution in [0.25, 0.3) is 0 Å². The molecule has 0 aromatic carbocycles. The van der Waals surface area contributed by atoms with Crippen molar-refractivity contribution in [2.75, 3.05) is 7.05 Å². The van der Waals surface area contributed by atoms with Crippen molar-refractivity contribution < 1.29 is 4.39 Å². The Morgan fingerprint density at radius 3 is 3.00 bits per heavy atom. The van der Waals surface area contributed by atoms with Crippen LogP contribution in [0.4, 0.5) is 4.39 Å². The summed E-state index contributed by atoms with van der Waals surface area (Å²) in [6, 6.07) is 1.34. The first-order valence-corrected chi connectivity index (χ1v) is 5.92. The van der Waals surface area contributed by atoms with Gasteiger partial charge in [0.25, 0.3) is 0 Å². The van der Waals surface area contributed by atoms with E-state index in [1.807, 2.05) is 0 Å². The summed E-state index contributed by atoms with van der Waals surface area (Å²) < 4.78 is 15.6. The Hall–Kier alpha value is -1.82. The summed E-state index contributed by atoms with van der Waals surface area (Å²) >= 11 is 0. The Labute approximate surface area is 105 Å². The zero-order chi connectivity index (χ0) is 13.0. The summed E-state index contributed by atoms with van der Waals surface area (Å²) in [7, 11) is 1.77. The Bertz CT molecular complexity index is 511. The molecule has 0 amide bonds. The molecule has 2 aromatic rings. The highest BCUT2D eigenvalue weighted by Gasteiger charge is 2.21. The molecule has 2 aromatic heterocycles. The molecule has 0 aliphatic heterocycles. The molecule has 0 fully saturated rings. The van der Waals surface area contributed by atoms with Gasteiger partial charge in [-0.1, -0.05) is 6.92 Å². The quantitative estimate of drug-likeness (QED) is 0.873. The molecule has 0 saturated heterocycles. The molecule has 2 rings (SSSR count). The molecule has 0 radical (unpaired) electrons. The fourth-order valence-corrected chi connectivity index (χ4v) is 1.92. The molecule has 6 heteroatoms. The van der Waals surface area contributed by atoms with Crippen LogP contribution in [-0.2, 0) is 6.54 Å². The van der Waals surface area contributed by atoms with Gasteiger partial charge in [0, 0.05) is 18.3 Å². The molecule has 0 saturated carbocycles. The number of nitrogens with zero attached hydrogens (tertiary/aromatic N) is 4. The van der Waals surface area contributed by atoms with Crippen molar-refractivity contribution >= 4 is 0 Å². The zero-order valence-corrected chi connectivity index (χ0v) is 10.5. The average Bonchev–Trinajstić information content (AvgIpc) is 2.82. The minimum Gasteiger partial charge on any atom is -0.307 e. The topological polar surface area (TPSA) is 55.6 Å². The van der Waals surface area contributed by atoms with Crippen molar-refractivity contribution in [3.05, 3.63) is 42.0 Å². The summed E-state index contributed by atoms with van der Waals surface area (Å²) in [5, 5.41) is 7.23. The highest BCUT2D eigenvalue weighted by molar-refractivity contribution is 5.23. The van der Waals surface area contributed by atoms with E-state index < -0.39 is 0 Å². The van der Waals surface area contributed by atoms with E-state index in [0.717, 1.165) is 13.0 Å². The molecule has 0 aliphatic rings. The third kappa shape index (κ3) is 2.38. The number of halogens is 1. The van der Waals surface area contributed by atoms with Crippen LogP contribution in [0, 0.1) is 5.82 Å². The van der Waals surface area contributed by atoms with E-state index in [-0.39, 0.29) is 11.9 Å². The van der Waals surface area contributed by atoms with Crippen LogP contribution in [-0.4, -0.2) is 26.8 Å².